The van der Waals surface area contributed by atoms with Crippen molar-refractivity contribution in [1.29, 1.82) is 0 Å². The van der Waals surface area contributed by atoms with Crippen LogP contribution in [0.4, 0.5) is 0 Å². The van der Waals surface area contributed by atoms with Crippen LogP contribution in [0.2, 0.25) is 0 Å². The molecule has 0 amide bonds. The number of thiol groups is 1. The molecule has 0 unspecified atom stereocenters. The zero-order valence-electron chi connectivity index (χ0n) is 2.83. The van der Waals surface area contributed by atoms with Crippen molar-refractivity contribution in [2.45, 2.75) is 5.03 Å². The molecule has 1 rings (SSSR count). The fourth-order valence-corrected chi connectivity index (χ4v) is 0.730. The summed E-state index contributed by atoms with van der Waals surface area (Å²) in [5.41, 5.74) is 0. The molecule has 6 heavy (non-hydrogen) atoms. The summed E-state index contributed by atoms with van der Waals surface area (Å²) < 4.78 is 7.39. The van der Waals surface area contributed by atoms with Crippen LogP contribution in [0.3, 0.4) is 0 Å². The van der Waals surface area contributed by atoms with Crippen molar-refractivity contribution in [2.24, 2.45) is 0 Å². The average Bonchev–Trinajstić information content (AvgIpc) is 1.86. The second-order valence-corrected chi connectivity index (χ2v) is 1.78. The molecule has 0 atom stereocenters. The van der Waals surface area contributed by atoms with Crippen molar-refractivity contribution in [2.75, 3.05) is 0 Å². The van der Waals surface area contributed by atoms with Crippen molar-refractivity contribution < 1.29 is 0 Å². The van der Waals surface area contributed by atoms with Gasteiger partial charge in [0.1, 0.15) is 5.03 Å². The van der Waals surface area contributed by atoms with Crippen LogP contribution in [0.5, 0.6) is 0 Å². The third-order valence-corrected chi connectivity index (χ3v) is 1.18. The topological polar surface area (TPSA) is 25.8 Å². The van der Waals surface area contributed by atoms with Gasteiger partial charge in [-0.1, -0.05) is 0 Å². The summed E-state index contributed by atoms with van der Waals surface area (Å²) in [7, 11) is 0. The van der Waals surface area contributed by atoms with Crippen LogP contribution >= 0.6 is 24.4 Å². The second-order valence-electron chi connectivity index (χ2n) is 0.766. The van der Waals surface area contributed by atoms with Gasteiger partial charge in [-0.15, -0.1) is 12.6 Å². The van der Waals surface area contributed by atoms with E-state index in [0.717, 1.165) is 11.7 Å². The third kappa shape index (κ3) is 0.693. The maximum absolute atomic E-state index is 3.87. The van der Waals surface area contributed by atoms with Crippen molar-refractivity contribution in [3.63, 3.8) is 0 Å². The molecule has 1 aromatic rings. The Balaban J connectivity index is 3.05. The molecule has 32 valence electrons. The van der Waals surface area contributed by atoms with Gasteiger partial charge in [0.2, 0.25) is 0 Å². The molecule has 0 spiro atoms. The highest BCUT2D eigenvalue weighted by molar-refractivity contribution is 7.80. The number of rotatable bonds is 0. The summed E-state index contributed by atoms with van der Waals surface area (Å²) in [5.74, 6) is 0. The predicted octanol–water partition coefficient (Wildman–Crippen LogP) is 0.827. The minimum Gasteiger partial charge on any atom is -0.180 e. The summed E-state index contributed by atoms with van der Waals surface area (Å²) in [5, 5.41) is 0.694. The van der Waals surface area contributed by atoms with E-state index in [9.17, 15) is 0 Å². The van der Waals surface area contributed by atoms with Crippen LogP contribution < -0.4 is 0 Å². The first-order chi connectivity index (χ1) is 2.89. The molecule has 0 aliphatic carbocycles. The summed E-state index contributed by atoms with van der Waals surface area (Å²) in [6.07, 6.45) is 1.60. The Bertz CT molecular complexity index is 113. The molecule has 0 aromatic carbocycles. The fourth-order valence-electron chi connectivity index (χ4n) is 0.160. The van der Waals surface area contributed by atoms with Gasteiger partial charge < -0.3 is 0 Å². The summed E-state index contributed by atoms with van der Waals surface area (Å²) in [6.45, 7) is 0. The largest absolute Gasteiger partial charge is 0.180 e. The molecule has 4 heteroatoms. The number of hydrogen-bond donors (Lipinski definition) is 1. The first-order valence-electron chi connectivity index (χ1n) is 1.36. The zero-order valence-corrected chi connectivity index (χ0v) is 4.54. The fraction of sp³-hybridized carbons (Fsp3) is 0. The molecule has 0 bridgehead atoms. The molecular formula is C2H2N2S2. The van der Waals surface area contributed by atoms with Gasteiger partial charge in [-0.05, 0) is 0 Å². The lowest BCUT2D eigenvalue weighted by Gasteiger charge is -1.60. The first kappa shape index (κ1) is 4.08. The van der Waals surface area contributed by atoms with Gasteiger partial charge in [-0.25, -0.2) is 0 Å². The Morgan fingerprint density at radius 3 is 2.83 bits per heavy atom. The lowest BCUT2D eigenvalue weighted by atomic mass is 11.0. The van der Waals surface area contributed by atoms with Crippen LogP contribution in [0, 0.1) is 0 Å². The Kier molecular flexibility index (Phi) is 1.07. The minimum atomic E-state index is 0.694. The maximum atomic E-state index is 3.87. The molecule has 0 fully saturated rings. The number of hydrogen-bond acceptors (Lipinski definition) is 4. The lowest BCUT2D eigenvalue weighted by molar-refractivity contribution is 1.28. The normalized spacial score (nSPS) is 8.83. The van der Waals surface area contributed by atoms with Crippen molar-refractivity contribution >= 4 is 24.4 Å². The number of aromatic nitrogens is 2. The van der Waals surface area contributed by atoms with E-state index < -0.39 is 0 Å². The van der Waals surface area contributed by atoms with E-state index >= 15 is 0 Å². The first-order valence-corrected chi connectivity index (χ1v) is 2.54. The highest BCUT2D eigenvalue weighted by Gasteiger charge is 1.79. The summed E-state index contributed by atoms with van der Waals surface area (Å²) in [6, 6.07) is 0. The van der Waals surface area contributed by atoms with E-state index in [1.165, 1.54) is 0 Å². The van der Waals surface area contributed by atoms with E-state index in [4.69, 9.17) is 0 Å². The van der Waals surface area contributed by atoms with Crippen LogP contribution in [0.1, 0.15) is 0 Å². The molecule has 1 aromatic heterocycles. The summed E-state index contributed by atoms with van der Waals surface area (Å²) >= 11 is 5.04. The minimum absolute atomic E-state index is 0.694. The van der Waals surface area contributed by atoms with Gasteiger partial charge in [-0.3, -0.25) is 0 Å². The van der Waals surface area contributed by atoms with Gasteiger partial charge in [0.25, 0.3) is 0 Å². The van der Waals surface area contributed by atoms with Crippen LogP contribution in [0.15, 0.2) is 11.2 Å². The molecule has 0 radical (unpaired) electrons. The molecule has 1 heterocycles. The summed E-state index contributed by atoms with van der Waals surface area (Å²) in [4.78, 5) is 0. The molecule has 2 nitrogen and oxygen atoms in total. The van der Waals surface area contributed by atoms with Crippen LogP contribution in [-0.4, -0.2) is 8.75 Å². The van der Waals surface area contributed by atoms with E-state index in [1.807, 2.05) is 0 Å². The smallest absolute Gasteiger partial charge is 0.127 e. The zero-order chi connectivity index (χ0) is 4.41. The Labute approximate surface area is 44.9 Å². The SMILES string of the molecule is Sc1cnsn1. The molecule has 0 saturated carbocycles. The van der Waals surface area contributed by atoms with E-state index in [-0.39, 0.29) is 0 Å². The maximum Gasteiger partial charge on any atom is 0.127 e. The van der Waals surface area contributed by atoms with Gasteiger partial charge in [0.15, 0.2) is 0 Å². The quantitative estimate of drug-likeness (QED) is 0.510. The van der Waals surface area contributed by atoms with Gasteiger partial charge in [0, 0.05) is 0 Å². The Morgan fingerprint density at radius 2 is 2.67 bits per heavy atom. The van der Waals surface area contributed by atoms with Crippen molar-refractivity contribution in [3.8, 4) is 0 Å². The lowest BCUT2D eigenvalue weighted by Crippen LogP contribution is -1.49. The van der Waals surface area contributed by atoms with Gasteiger partial charge in [0.05, 0.1) is 17.9 Å². The Hall–Kier alpha value is -0.0900. The van der Waals surface area contributed by atoms with Gasteiger partial charge >= 0.3 is 0 Å². The van der Waals surface area contributed by atoms with Crippen LogP contribution in [-0.2, 0) is 0 Å². The molecule has 0 aliphatic heterocycles. The van der Waals surface area contributed by atoms with E-state index in [2.05, 4.69) is 21.4 Å². The van der Waals surface area contributed by atoms with Crippen molar-refractivity contribution in [3.05, 3.63) is 6.20 Å². The third-order valence-electron chi connectivity index (χ3n) is 0.350. The standard InChI is InChI=1S/C2H2N2S2/c5-2-1-3-6-4-2/h1H,(H,4,5). The second kappa shape index (κ2) is 1.57. The van der Waals surface area contributed by atoms with Crippen molar-refractivity contribution in [1.82, 2.24) is 8.75 Å². The van der Waals surface area contributed by atoms with E-state index in [0.29, 0.717) is 5.03 Å². The molecule has 0 N–H and O–H groups in total. The monoisotopic (exact) mass is 118 g/mol. The predicted molar refractivity (Wildman–Crippen MR) is 27.2 cm³/mol. The average molecular weight is 118 g/mol. The molecule has 0 aliphatic rings. The Morgan fingerprint density at radius 1 is 1.83 bits per heavy atom. The molecular weight excluding hydrogens is 116 g/mol. The van der Waals surface area contributed by atoms with Crippen LogP contribution in [0.25, 0.3) is 0 Å². The highest BCUT2D eigenvalue weighted by atomic mass is 32.1. The highest BCUT2D eigenvalue weighted by Crippen LogP contribution is 1.97. The number of nitrogens with zero attached hydrogens (tertiary/aromatic N) is 2. The van der Waals surface area contributed by atoms with Gasteiger partial charge in [-0.2, -0.15) is 8.75 Å². The molecule has 0 saturated heterocycles. The van der Waals surface area contributed by atoms with E-state index in [1.54, 1.807) is 6.20 Å².